The average molecular weight is 454 g/mol. The first-order chi connectivity index (χ1) is 19.6. The number of pyridine rings is 1. The Hall–Kier alpha value is -4.43. The van der Waals surface area contributed by atoms with Crippen LogP contribution in [0, 0.1) is 13.7 Å². The van der Waals surface area contributed by atoms with Crippen LogP contribution in [0.4, 0.5) is 0 Å². The molecule has 0 aliphatic carbocycles. The monoisotopic (exact) mass is 453 g/mol. The lowest BCUT2D eigenvalue weighted by Crippen LogP contribution is -1.92. The Morgan fingerprint density at radius 2 is 1.43 bits per heavy atom. The Kier molecular flexibility index (Phi) is 2.65. The molecule has 0 bridgehead atoms. The third kappa shape index (κ3) is 2.41. The van der Waals surface area contributed by atoms with Crippen molar-refractivity contribution in [1.29, 1.82) is 0 Å². The van der Waals surface area contributed by atoms with Crippen LogP contribution in [0.25, 0.3) is 75.9 Å². The molecule has 0 N–H and O–H groups in total. The second kappa shape index (κ2) is 6.58. The summed E-state index contributed by atoms with van der Waals surface area (Å²) in [6.45, 7) is -5.37. The summed E-state index contributed by atoms with van der Waals surface area (Å²) in [6, 6.07) is 28.2. The molecule has 0 amide bonds. The van der Waals surface area contributed by atoms with Gasteiger partial charge in [-0.2, -0.15) is 0 Å². The molecule has 0 aliphatic heterocycles. The summed E-state index contributed by atoms with van der Waals surface area (Å²) in [5.41, 5.74) is 1.15. The van der Waals surface area contributed by atoms with Gasteiger partial charge < -0.3 is 4.42 Å². The molecule has 2 nitrogen and oxygen atoms in total. The fourth-order valence-electron chi connectivity index (χ4n) is 5.70. The second-order valence-corrected chi connectivity index (χ2v) is 9.14. The van der Waals surface area contributed by atoms with Crippen LogP contribution in [0.1, 0.15) is 19.4 Å². The van der Waals surface area contributed by atoms with E-state index in [2.05, 4.69) is 35.3 Å². The summed E-state index contributed by atoms with van der Waals surface area (Å²) in [7, 11) is 0. The molecular formula is C33H21NO. The smallest absolute Gasteiger partial charge is 0.143 e. The molecule has 2 heterocycles. The molecule has 0 fully saturated rings. The highest BCUT2D eigenvalue weighted by Gasteiger charge is 2.19. The van der Waals surface area contributed by atoms with E-state index in [1.807, 2.05) is 54.6 Å². The van der Waals surface area contributed by atoms with E-state index in [0.717, 1.165) is 48.5 Å². The van der Waals surface area contributed by atoms with Crippen molar-refractivity contribution >= 4 is 75.9 Å². The van der Waals surface area contributed by atoms with Crippen molar-refractivity contribution in [3.05, 3.63) is 102 Å². The third-order valence-electron chi connectivity index (χ3n) is 7.31. The predicted octanol–water partition coefficient (Wildman–Crippen LogP) is 9.36. The first-order valence-corrected chi connectivity index (χ1v) is 11.6. The van der Waals surface area contributed by atoms with E-state index in [1.165, 1.54) is 6.20 Å². The molecular weight excluding hydrogens is 426 g/mol. The van der Waals surface area contributed by atoms with Crippen LogP contribution < -0.4 is 0 Å². The molecule has 0 atom stereocenters. The molecule has 8 aromatic rings. The van der Waals surface area contributed by atoms with Crippen LogP contribution in [-0.2, 0) is 0 Å². The Labute approximate surface area is 209 Å². The zero-order valence-corrected chi connectivity index (χ0v) is 18.5. The number of aromatic nitrogens is 1. The molecule has 164 valence electrons. The zero-order valence-electron chi connectivity index (χ0n) is 24.5. The van der Waals surface area contributed by atoms with Gasteiger partial charge in [-0.05, 0) is 75.3 Å². The van der Waals surface area contributed by atoms with Crippen LogP contribution in [0.2, 0.25) is 0 Å². The maximum absolute atomic E-state index is 8.47. The first kappa shape index (κ1) is 14.1. The van der Waals surface area contributed by atoms with Crippen molar-refractivity contribution in [1.82, 2.24) is 4.98 Å². The van der Waals surface area contributed by atoms with Gasteiger partial charge in [-0.25, -0.2) is 0 Å². The van der Waals surface area contributed by atoms with Gasteiger partial charge in [-0.3, -0.25) is 4.98 Å². The Balaban J connectivity index is 1.65. The number of hydrogen-bond acceptors (Lipinski definition) is 2. The van der Waals surface area contributed by atoms with Crippen molar-refractivity contribution < 1.29 is 12.6 Å². The minimum atomic E-state index is -2.71. The first-order valence-electron chi connectivity index (χ1n) is 14.6. The Bertz CT molecular complexity index is 2400. The summed E-state index contributed by atoms with van der Waals surface area (Å²) in [4.78, 5) is 4.59. The molecule has 6 aromatic carbocycles. The van der Waals surface area contributed by atoms with Gasteiger partial charge in [0.15, 0.2) is 0 Å². The van der Waals surface area contributed by atoms with Gasteiger partial charge in [0, 0.05) is 41.4 Å². The molecule has 0 radical (unpaired) electrons. The highest BCUT2D eigenvalue weighted by molar-refractivity contribution is 6.32. The van der Waals surface area contributed by atoms with Crippen LogP contribution in [-0.4, -0.2) is 4.98 Å². The molecule has 0 unspecified atom stereocenters. The number of fused-ring (bicyclic) bond motifs is 13. The normalized spacial score (nSPS) is 15.5. The van der Waals surface area contributed by atoms with E-state index in [0.29, 0.717) is 27.5 Å². The highest BCUT2D eigenvalue weighted by atomic mass is 16.3. The number of rotatable bonds is 0. The third-order valence-corrected chi connectivity index (χ3v) is 7.31. The van der Waals surface area contributed by atoms with E-state index in [-0.39, 0.29) is 11.1 Å². The lowest BCUT2D eigenvalue weighted by Gasteiger charge is -2.13. The van der Waals surface area contributed by atoms with E-state index in [4.69, 9.17) is 12.6 Å². The number of aryl methyl sites for hydroxylation is 2. The molecule has 2 heteroatoms. The summed E-state index contributed by atoms with van der Waals surface area (Å²) >= 11 is 0. The van der Waals surface area contributed by atoms with Crippen molar-refractivity contribution in [3.8, 4) is 0 Å². The summed E-state index contributed by atoms with van der Waals surface area (Å²) in [5, 5.41) is 9.39. The lowest BCUT2D eigenvalue weighted by molar-refractivity contribution is 0.673. The average Bonchev–Trinajstić information content (AvgIpc) is 3.32. The van der Waals surface area contributed by atoms with Gasteiger partial charge in [0.05, 0.1) is 5.52 Å². The summed E-state index contributed by atoms with van der Waals surface area (Å²) < 4.78 is 56.5. The second-order valence-electron chi connectivity index (χ2n) is 9.14. The van der Waals surface area contributed by atoms with Crippen LogP contribution in [0.15, 0.2) is 95.5 Å². The largest absolute Gasteiger partial charge is 0.455 e. The molecule has 0 saturated heterocycles. The van der Waals surface area contributed by atoms with Gasteiger partial charge in [-0.15, -0.1) is 0 Å². The zero-order chi connectivity index (χ0) is 28.3. The Morgan fingerprint density at radius 1 is 0.629 bits per heavy atom. The maximum atomic E-state index is 8.47. The lowest BCUT2D eigenvalue weighted by atomic mass is 9.92. The Morgan fingerprint density at radius 3 is 2.31 bits per heavy atom. The van der Waals surface area contributed by atoms with E-state index >= 15 is 0 Å². The number of furan rings is 1. The molecule has 0 aliphatic rings. The minimum Gasteiger partial charge on any atom is -0.455 e. The fraction of sp³-hybridized carbons (Fsp3) is 0.0606. The molecule has 2 aromatic heterocycles. The van der Waals surface area contributed by atoms with Crippen LogP contribution in [0.5, 0.6) is 0 Å². The van der Waals surface area contributed by atoms with Gasteiger partial charge in [0.2, 0.25) is 0 Å². The van der Waals surface area contributed by atoms with Gasteiger partial charge in [0.1, 0.15) is 11.2 Å². The highest BCUT2D eigenvalue weighted by Crippen LogP contribution is 2.43. The van der Waals surface area contributed by atoms with E-state index in [1.54, 1.807) is 0 Å². The van der Waals surface area contributed by atoms with Crippen LogP contribution in [0.3, 0.4) is 0 Å². The van der Waals surface area contributed by atoms with E-state index < -0.39 is 13.7 Å². The van der Waals surface area contributed by atoms with Crippen molar-refractivity contribution in [2.75, 3.05) is 0 Å². The minimum absolute atomic E-state index is 0.206. The predicted molar refractivity (Wildman–Crippen MR) is 149 cm³/mol. The number of benzene rings is 6. The quantitative estimate of drug-likeness (QED) is 0.214. The standard InChI is InChI=1S/C33H21NO/c1-18-17-34-32-25-10-6-5-9-23(25)24-13-14-26-28-15-21-12-11-20-7-3-4-8-22(20)27(21)16-29(28)35-33(26)31(24)30(32)19(18)2/h3-17H,1-2H3/i1D3,2D3. The van der Waals surface area contributed by atoms with Gasteiger partial charge >= 0.3 is 0 Å². The van der Waals surface area contributed by atoms with Crippen molar-refractivity contribution in [2.24, 2.45) is 0 Å². The molecule has 8 rings (SSSR count). The SMILES string of the molecule is [2H]C([2H])([2H])c1cnc2c3ccccc3c3ccc4c5cc6ccc7ccccc7c6cc5oc4c3c2c1C([2H])([2H])[2H]. The van der Waals surface area contributed by atoms with Crippen molar-refractivity contribution in [2.45, 2.75) is 13.7 Å². The summed E-state index contributed by atoms with van der Waals surface area (Å²) in [5.74, 6) is 0. The van der Waals surface area contributed by atoms with Gasteiger partial charge in [-0.1, -0.05) is 66.7 Å². The molecule has 0 saturated carbocycles. The van der Waals surface area contributed by atoms with Crippen molar-refractivity contribution in [3.63, 3.8) is 0 Å². The van der Waals surface area contributed by atoms with E-state index in [9.17, 15) is 0 Å². The van der Waals surface area contributed by atoms with Crippen LogP contribution >= 0.6 is 0 Å². The number of hydrogen-bond donors (Lipinski definition) is 0. The number of nitrogens with zero attached hydrogens (tertiary/aromatic N) is 1. The topological polar surface area (TPSA) is 26.0 Å². The maximum Gasteiger partial charge on any atom is 0.143 e. The fourth-order valence-corrected chi connectivity index (χ4v) is 5.70. The van der Waals surface area contributed by atoms with Gasteiger partial charge in [0.25, 0.3) is 0 Å². The molecule has 0 spiro atoms. The summed E-state index contributed by atoms with van der Waals surface area (Å²) in [6.07, 6.45) is 1.20. The molecule has 35 heavy (non-hydrogen) atoms.